The monoisotopic (exact) mass is 278 g/mol. The van der Waals surface area contributed by atoms with E-state index in [0.29, 0.717) is 13.1 Å². The lowest BCUT2D eigenvalue weighted by Crippen LogP contribution is -2.35. The average Bonchev–Trinajstić information content (AvgIpc) is 3.14. The van der Waals surface area contributed by atoms with Crippen molar-refractivity contribution in [3.63, 3.8) is 0 Å². The second-order valence-corrected chi connectivity index (χ2v) is 5.73. The normalized spacial score (nSPS) is 32.1. The lowest BCUT2D eigenvalue weighted by Gasteiger charge is -2.14. The number of benzene rings is 1. The highest BCUT2D eigenvalue weighted by molar-refractivity contribution is 5.82. The molecule has 1 aromatic rings. The molecule has 4 atom stereocenters. The van der Waals surface area contributed by atoms with Gasteiger partial charge in [-0.15, -0.1) is 0 Å². The van der Waals surface area contributed by atoms with Crippen molar-refractivity contribution >= 4 is 5.91 Å². The molecule has 1 saturated heterocycles. The highest BCUT2D eigenvalue weighted by Gasteiger charge is 2.44. The van der Waals surface area contributed by atoms with Crippen LogP contribution < -0.4 is 10.6 Å². The van der Waals surface area contributed by atoms with E-state index in [-0.39, 0.29) is 35.6 Å². The number of carbonyl (C=O) groups is 1. The molecule has 108 valence electrons. The van der Waals surface area contributed by atoms with Gasteiger partial charge in [-0.05, 0) is 30.0 Å². The van der Waals surface area contributed by atoms with Gasteiger partial charge in [-0.3, -0.25) is 4.79 Å². The molecule has 1 aliphatic carbocycles. The van der Waals surface area contributed by atoms with Gasteiger partial charge in [-0.25, -0.2) is 4.39 Å². The SMILES string of the molecule is O=C(NCC1CNCC1O)C1CC1c1ccc(F)cc1. The highest BCUT2D eigenvalue weighted by atomic mass is 19.1. The van der Waals surface area contributed by atoms with Gasteiger partial charge < -0.3 is 15.7 Å². The number of amides is 1. The van der Waals surface area contributed by atoms with E-state index < -0.39 is 0 Å². The van der Waals surface area contributed by atoms with Crippen molar-refractivity contribution in [2.75, 3.05) is 19.6 Å². The Bertz CT molecular complexity index is 491. The summed E-state index contributed by atoms with van der Waals surface area (Å²) in [5, 5.41) is 15.7. The number of carbonyl (C=O) groups excluding carboxylic acids is 1. The maximum absolute atomic E-state index is 12.8. The molecule has 0 radical (unpaired) electrons. The van der Waals surface area contributed by atoms with Crippen LogP contribution in [0, 0.1) is 17.7 Å². The summed E-state index contributed by atoms with van der Waals surface area (Å²) in [6, 6.07) is 6.36. The van der Waals surface area contributed by atoms with Crippen LogP contribution in [-0.2, 0) is 4.79 Å². The Hall–Kier alpha value is -1.46. The summed E-state index contributed by atoms with van der Waals surface area (Å²) < 4.78 is 12.8. The first-order valence-electron chi connectivity index (χ1n) is 7.07. The first kappa shape index (κ1) is 13.5. The van der Waals surface area contributed by atoms with Crippen LogP contribution in [0.25, 0.3) is 0 Å². The van der Waals surface area contributed by atoms with Crippen molar-refractivity contribution in [1.82, 2.24) is 10.6 Å². The standard InChI is InChI=1S/C15H19FN2O2/c16-11-3-1-9(2-4-11)12-5-13(12)15(20)18-7-10-6-17-8-14(10)19/h1-4,10,12-14,17,19H,5-8H2,(H,18,20). The number of aliphatic hydroxyl groups excluding tert-OH is 1. The fourth-order valence-corrected chi connectivity index (χ4v) is 2.85. The van der Waals surface area contributed by atoms with Gasteiger partial charge >= 0.3 is 0 Å². The Morgan fingerprint density at radius 1 is 1.35 bits per heavy atom. The molecule has 4 unspecified atom stereocenters. The summed E-state index contributed by atoms with van der Waals surface area (Å²) in [5.74, 6) is 0.0905. The summed E-state index contributed by atoms with van der Waals surface area (Å²) in [6.45, 7) is 1.86. The van der Waals surface area contributed by atoms with Crippen molar-refractivity contribution in [2.24, 2.45) is 11.8 Å². The van der Waals surface area contributed by atoms with Crippen LogP contribution in [-0.4, -0.2) is 36.8 Å². The minimum atomic E-state index is -0.373. The number of halogens is 1. The van der Waals surface area contributed by atoms with Crippen LogP contribution in [0.2, 0.25) is 0 Å². The number of hydrogen-bond acceptors (Lipinski definition) is 3. The number of aliphatic hydroxyl groups is 1. The minimum absolute atomic E-state index is 0.00744. The van der Waals surface area contributed by atoms with E-state index in [1.165, 1.54) is 12.1 Å². The topological polar surface area (TPSA) is 61.4 Å². The predicted molar refractivity (Wildman–Crippen MR) is 72.6 cm³/mol. The molecule has 3 N–H and O–H groups in total. The molecule has 1 heterocycles. The second-order valence-electron chi connectivity index (χ2n) is 5.73. The van der Waals surface area contributed by atoms with Crippen LogP contribution >= 0.6 is 0 Å². The van der Waals surface area contributed by atoms with Gasteiger partial charge in [0.1, 0.15) is 5.82 Å². The van der Waals surface area contributed by atoms with E-state index in [2.05, 4.69) is 10.6 Å². The predicted octanol–water partition coefficient (Wildman–Crippen LogP) is 0.626. The molecule has 2 fully saturated rings. The maximum Gasteiger partial charge on any atom is 0.223 e. The molecule has 0 aromatic heterocycles. The van der Waals surface area contributed by atoms with Gasteiger partial charge in [0.2, 0.25) is 5.91 Å². The number of rotatable bonds is 4. The van der Waals surface area contributed by atoms with E-state index in [0.717, 1.165) is 18.5 Å². The molecule has 5 heteroatoms. The van der Waals surface area contributed by atoms with Gasteiger partial charge in [0, 0.05) is 31.5 Å². The van der Waals surface area contributed by atoms with Crippen molar-refractivity contribution in [3.05, 3.63) is 35.6 Å². The molecule has 3 rings (SSSR count). The van der Waals surface area contributed by atoms with E-state index in [1.807, 2.05) is 0 Å². The molecule has 1 aromatic carbocycles. The van der Waals surface area contributed by atoms with E-state index >= 15 is 0 Å². The smallest absolute Gasteiger partial charge is 0.223 e. The van der Waals surface area contributed by atoms with Gasteiger partial charge in [0.05, 0.1) is 6.10 Å². The van der Waals surface area contributed by atoms with Gasteiger partial charge in [0.15, 0.2) is 0 Å². The second kappa shape index (κ2) is 5.50. The van der Waals surface area contributed by atoms with E-state index in [1.54, 1.807) is 12.1 Å². The Morgan fingerprint density at radius 2 is 2.10 bits per heavy atom. The molecular weight excluding hydrogens is 259 g/mol. The Labute approximate surface area is 117 Å². The third-order valence-corrected chi connectivity index (χ3v) is 4.27. The van der Waals surface area contributed by atoms with Gasteiger partial charge in [-0.1, -0.05) is 12.1 Å². The third kappa shape index (κ3) is 2.83. The number of nitrogens with one attached hydrogen (secondary N) is 2. The average molecular weight is 278 g/mol. The zero-order valence-corrected chi connectivity index (χ0v) is 11.2. The summed E-state index contributed by atoms with van der Waals surface area (Å²) in [7, 11) is 0. The number of β-amino-alcohol motifs (C(OH)–C–C–N with tert-alkyl or cyclic N) is 1. The quantitative estimate of drug-likeness (QED) is 0.757. The number of hydrogen-bond donors (Lipinski definition) is 3. The summed E-state index contributed by atoms with van der Waals surface area (Å²) >= 11 is 0. The summed E-state index contributed by atoms with van der Waals surface area (Å²) in [4.78, 5) is 12.0. The molecule has 1 saturated carbocycles. The first-order chi connectivity index (χ1) is 9.65. The molecule has 0 bridgehead atoms. The zero-order valence-electron chi connectivity index (χ0n) is 11.2. The van der Waals surface area contributed by atoms with Gasteiger partial charge in [0.25, 0.3) is 0 Å². The van der Waals surface area contributed by atoms with Crippen molar-refractivity contribution < 1.29 is 14.3 Å². The summed E-state index contributed by atoms with van der Waals surface area (Å²) in [5.41, 5.74) is 1.02. The van der Waals surface area contributed by atoms with E-state index in [4.69, 9.17) is 0 Å². The summed E-state index contributed by atoms with van der Waals surface area (Å²) in [6.07, 6.45) is 0.450. The molecule has 20 heavy (non-hydrogen) atoms. The van der Waals surface area contributed by atoms with Crippen LogP contribution in [0.15, 0.2) is 24.3 Å². The Morgan fingerprint density at radius 3 is 2.75 bits per heavy atom. The minimum Gasteiger partial charge on any atom is -0.391 e. The molecule has 0 spiro atoms. The maximum atomic E-state index is 12.8. The Balaban J connectivity index is 1.49. The molecule has 1 amide bonds. The highest BCUT2D eigenvalue weighted by Crippen LogP contribution is 2.47. The molecule has 1 aliphatic heterocycles. The van der Waals surface area contributed by atoms with Gasteiger partial charge in [-0.2, -0.15) is 0 Å². The van der Waals surface area contributed by atoms with Crippen LogP contribution in [0.3, 0.4) is 0 Å². The molecular formula is C15H19FN2O2. The van der Waals surface area contributed by atoms with Crippen LogP contribution in [0.4, 0.5) is 4.39 Å². The van der Waals surface area contributed by atoms with Crippen molar-refractivity contribution in [2.45, 2.75) is 18.4 Å². The van der Waals surface area contributed by atoms with E-state index in [9.17, 15) is 14.3 Å². The molecule has 2 aliphatic rings. The van der Waals surface area contributed by atoms with Crippen molar-refractivity contribution in [1.29, 1.82) is 0 Å². The van der Waals surface area contributed by atoms with Crippen LogP contribution in [0.1, 0.15) is 17.9 Å². The van der Waals surface area contributed by atoms with Crippen molar-refractivity contribution in [3.8, 4) is 0 Å². The fraction of sp³-hybridized carbons (Fsp3) is 0.533. The Kier molecular flexibility index (Phi) is 3.72. The fourth-order valence-electron chi connectivity index (χ4n) is 2.85. The first-order valence-corrected chi connectivity index (χ1v) is 7.07. The largest absolute Gasteiger partial charge is 0.391 e. The van der Waals surface area contributed by atoms with Crippen LogP contribution in [0.5, 0.6) is 0 Å². The lowest BCUT2D eigenvalue weighted by atomic mass is 10.1. The zero-order chi connectivity index (χ0) is 14.1. The molecule has 4 nitrogen and oxygen atoms in total. The lowest BCUT2D eigenvalue weighted by molar-refractivity contribution is -0.122. The third-order valence-electron chi connectivity index (χ3n) is 4.27.